The Balaban J connectivity index is 1.69. The predicted octanol–water partition coefficient (Wildman–Crippen LogP) is 4.08. The monoisotopic (exact) mass is 421 g/mol. The number of ether oxygens (including phenoxy) is 2. The van der Waals surface area contributed by atoms with Crippen molar-refractivity contribution in [3.63, 3.8) is 0 Å². The molecule has 0 radical (unpaired) electrons. The number of carbonyl (C=O) groups excluding carboxylic acids is 1. The Labute approximate surface area is 176 Å². The molecule has 2 heterocycles. The van der Waals surface area contributed by atoms with Crippen LogP contribution in [0.3, 0.4) is 0 Å². The summed E-state index contributed by atoms with van der Waals surface area (Å²) in [4.78, 5) is 30.7. The van der Waals surface area contributed by atoms with Gasteiger partial charge >= 0.3 is 0 Å². The van der Waals surface area contributed by atoms with Crippen molar-refractivity contribution in [3.8, 4) is 22.8 Å². The lowest BCUT2D eigenvalue weighted by Crippen LogP contribution is -2.26. The highest BCUT2D eigenvalue weighted by molar-refractivity contribution is 7.15. The number of fused-ring (bicyclic) bond motifs is 1. The Bertz CT molecular complexity index is 1260. The van der Waals surface area contributed by atoms with Gasteiger partial charge in [-0.25, -0.2) is 4.98 Å². The van der Waals surface area contributed by atoms with Gasteiger partial charge in [0, 0.05) is 22.8 Å². The Kier molecular flexibility index (Phi) is 5.49. The van der Waals surface area contributed by atoms with Crippen molar-refractivity contribution < 1.29 is 14.3 Å². The van der Waals surface area contributed by atoms with Crippen molar-refractivity contribution in [2.24, 2.45) is 0 Å². The molecule has 0 aliphatic carbocycles. The van der Waals surface area contributed by atoms with Crippen LogP contribution in [0.1, 0.15) is 17.3 Å². The van der Waals surface area contributed by atoms with Crippen molar-refractivity contribution in [2.45, 2.75) is 6.92 Å². The summed E-state index contributed by atoms with van der Waals surface area (Å²) in [5.74, 6) is 0.867. The number of carbonyl (C=O) groups is 1. The minimum Gasteiger partial charge on any atom is -0.497 e. The topological polar surface area (TPSA) is 81.9 Å². The fourth-order valence-electron chi connectivity index (χ4n) is 3.03. The van der Waals surface area contributed by atoms with E-state index < -0.39 is 11.5 Å². The molecule has 152 valence electrons. The molecule has 0 saturated heterocycles. The van der Waals surface area contributed by atoms with Crippen LogP contribution >= 0.6 is 11.3 Å². The van der Waals surface area contributed by atoms with Crippen LogP contribution in [-0.2, 0) is 0 Å². The maximum Gasteiger partial charge on any atom is 0.271 e. The zero-order chi connectivity index (χ0) is 21.1. The summed E-state index contributed by atoms with van der Waals surface area (Å²) < 4.78 is 12.1. The van der Waals surface area contributed by atoms with Crippen molar-refractivity contribution >= 4 is 27.9 Å². The molecule has 0 aliphatic heterocycles. The Morgan fingerprint density at radius 2 is 1.97 bits per heavy atom. The quantitative estimate of drug-likeness (QED) is 0.507. The van der Waals surface area contributed by atoms with Crippen molar-refractivity contribution in [2.75, 3.05) is 19.0 Å². The third-order valence-corrected chi connectivity index (χ3v) is 5.32. The van der Waals surface area contributed by atoms with Gasteiger partial charge in [0.2, 0.25) is 0 Å². The molecule has 0 unspecified atom stereocenters. The second-order valence-electron chi connectivity index (χ2n) is 6.36. The van der Waals surface area contributed by atoms with E-state index in [-0.39, 0.29) is 5.56 Å². The Hall–Kier alpha value is -3.65. The number of rotatable bonds is 6. The van der Waals surface area contributed by atoms with E-state index in [0.29, 0.717) is 34.4 Å². The lowest BCUT2D eigenvalue weighted by atomic mass is 10.1. The summed E-state index contributed by atoms with van der Waals surface area (Å²) in [6.07, 6.45) is 1.31. The van der Waals surface area contributed by atoms with Crippen molar-refractivity contribution in [1.82, 2.24) is 9.38 Å². The Morgan fingerprint density at radius 1 is 1.17 bits per heavy atom. The van der Waals surface area contributed by atoms with Gasteiger partial charge in [-0.2, -0.15) is 0 Å². The van der Waals surface area contributed by atoms with Gasteiger partial charge in [-0.05, 0) is 43.3 Å². The SMILES string of the molecule is CCOc1ccc(NC(=O)c2cnc3scc(-c4cccc(OC)c4)n3c2=O)cc1. The first kappa shape index (κ1) is 19.7. The molecule has 30 heavy (non-hydrogen) atoms. The summed E-state index contributed by atoms with van der Waals surface area (Å²) in [6.45, 7) is 2.46. The van der Waals surface area contributed by atoms with Crippen molar-refractivity contribution in [1.29, 1.82) is 0 Å². The molecular weight excluding hydrogens is 402 g/mol. The molecular formula is C22H19N3O4S. The molecule has 7 nitrogen and oxygen atoms in total. The number of aromatic nitrogens is 2. The van der Waals surface area contributed by atoms with E-state index in [1.165, 1.54) is 21.9 Å². The number of hydrogen-bond donors (Lipinski definition) is 1. The molecule has 1 amide bonds. The molecule has 1 N–H and O–H groups in total. The molecule has 0 atom stereocenters. The second kappa shape index (κ2) is 8.38. The first-order chi connectivity index (χ1) is 14.6. The van der Waals surface area contributed by atoms with Gasteiger partial charge < -0.3 is 14.8 Å². The smallest absolute Gasteiger partial charge is 0.271 e. The molecule has 4 rings (SSSR count). The van der Waals surface area contributed by atoms with Gasteiger partial charge in [0.25, 0.3) is 11.5 Å². The largest absolute Gasteiger partial charge is 0.497 e. The number of thiazole rings is 1. The van der Waals surface area contributed by atoms with Gasteiger partial charge in [-0.1, -0.05) is 12.1 Å². The van der Waals surface area contributed by atoms with E-state index in [4.69, 9.17) is 9.47 Å². The fourth-order valence-corrected chi connectivity index (χ4v) is 3.89. The number of amides is 1. The first-order valence-corrected chi connectivity index (χ1v) is 10.2. The molecule has 2 aromatic carbocycles. The van der Waals surface area contributed by atoms with E-state index in [2.05, 4.69) is 10.3 Å². The van der Waals surface area contributed by atoms with Gasteiger partial charge in [0.05, 0.1) is 19.4 Å². The number of nitrogens with zero attached hydrogens (tertiary/aromatic N) is 2. The third-order valence-electron chi connectivity index (χ3n) is 4.48. The molecule has 2 aromatic heterocycles. The first-order valence-electron chi connectivity index (χ1n) is 9.28. The van der Waals surface area contributed by atoms with Crippen LogP contribution in [0.2, 0.25) is 0 Å². The van der Waals surface area contributed by atoms with Crippen LogP contribution in [0.4, 0.5) is 5.69 Å². The van der Waals surface area contributed by atoms with Crippen LogP contribution in [0.25, 0.3) is 16.2 Å². The van der Waals surface area contributed by atoms with Crippen LogP contribution in [-0.4, -0.2) is 29.0 Å². The normalized spacial score (nSPS) is 10.7. The van der Waals surface area contributed by atoms with Gasteiger partial charge in [-0.15, -0.1) is 11.3 Å². The number of benzene rings is 2. The van der Waals surface area contributed by atoms with E-state index >= 15 is 0 Å². The van der Waals surface area contributed by atoms with Crippen molar-refractivity contribution in [3.05, 3.63) is 76.0 Å². The minimum atomic E-state index is -0.520. The van der Waals surface area contributed by atoms with Gasteiger partial charge in [0.1, 0.15) is 17.1 Å². The summed E-state index contributed by atoms with van der Waals surface area (Å²) in [5.41, 5.74) is 1.55. The maximum absolute atomic E-state index is 13.1. The average Bonchev–Trinajstić information content (AvgIpc) is 3.21. The van der Waals surface area contributed by atoms with Crippen LogP contribution in [0, 0.1) is 0 Å². The van der Waals surface area contributed by atoms with Crippen LogP contribution < -0.4 is 20.3 Å². The number of anilines is 1. The zero-order valence-electron chi connectivity index (χ0n) is 16.4. The standard InChI is InChI=1S/C22H19N3O4S/c1-3-29-16-9-7-15(8-10-16)24-20(26)18-12-23-22-25(21(18)27)19(13-30-22)14-5-4-6-17(11-14)28-2/h4-13H,3H2,1-2H3,(H,24,26). The fraction of sp³-hybridized carbons (Fsp3) is 0.136. The summed E-state index contributed by atoms with van der Waals surface area (Å²) in [6, 6.07) is 14.3. The van der Waals surface area contributed by atoms with E-state index in [0.717, 1.165) is 5.56 Å². The third kappa shape index (κ3) is 3.77. The highest BCUT2D eigenvalue weighted by atomic mass is 32.1. The lowest BCUT2D eigenvalue weighted by Gasteiger charge is -2.08. The molecule has 0 fully saturated rings. The maximum atomic E-state index is 13.1. The zero-order valence-corrected chi connectivity index (χ0v) is 17.2. The highest BCUT2D eigenvalue weighted by Crippen LogP contribution is 2.27. The molecule has 0 bridgehead atoms. The Morgan fingerprint density at radius 3 is 2.70 bits per heavy atom. The average molecular weight is 421 g/mol. The second-order valence-corrected chi connectivity index (χ2v) is 7.20. The van der Waals surface area contributed by atoms with Crippen LogP contribution in [0.5, 0.6) is 11.5 Å². The predicted molar refractivity (Wildman–Crippen MR) is 117 cm³/mol. The van der Waals surface area contributed by atoms with E-state index in [9.17, 15) is 9.59 Å². The number of hydrogen-bond acceptors (Lipinski definition) is 6. The molecule has 0 aliphatic rings. The summed E-state index contributed by atoms with van der Waals surface area (Å²) >= 11 is 1.33. The molecule has 4 aromatic rings. The number of methoxy groups -OCH3 is 1. The van der Waals surface area contributed by atoms with Gasteiger partial charge in [0.15, 0.2) is 4.96 Å². The number of nitrogens with one attached hydrogen (secondary N) is 1. The van der Waals surface area contributed by atoms with Gasteiger partial charge in [-0.3, -0.25) is 14.0 Å². The molecule has 8 heteroatoms. The van der Waals surface area contributed by atoms with E-state index in [1.54, 1.807) is 31.4 Å². The molecule has 0 spiro atoms. The van der Waals surface area contributed by atoms with Crippen LogP contribution in [0.15, 0.2) is 64.9 Å². The highest BCUT2D eigenvalue weighted by Gasteiger charge is 2.17. The molecule has 0 saturated carbocycles. The summed E-state index contributed by atoms with van der Waals surface area (Å²) in [7, 11) is 1.59. The lowest BCUT2D eigenvalue weighted by molar-refractivity contribution is 0.102. The van der Waals surface area contributed by atoms with E-state index in [1.807, 2.05) is 36.6 Å². The minimum absolute atomic E-state index is 0.0380. The summed E-state index contributed by atoms with van der Waals surface area (Å²) in [5, 5.41) is 4.58.